The summed E-state index contributed by atoms with van der Waals surface area (Å²) in [5, 5.41) is 5.49. The third kappa shape index (κ3) is 3.91. The normalized spacial score (nSPS) is 16.9. The van der Waals surface area contributed by atoms with Crippen molar-refractivity contribution in [2.45, 2.75) is 6.92 Å². The summed E-state index contributed by atoms with van der Waals surface area (Å²) in [6, 6.07) is 10.7. The van der Waals surface area contributed by atoms with Crippen LogP contribution in [-0.4, -0.2) is 22.0 Å². The highest BCUT2D eigenvalue weighted by Gasteiger charge is 2.25. The minimum absolute atomic E-state index is 0.253. The predicted molar refractivity (Wildman–Crippen MR) is 106 cm³/mol. The fraction of sp³-hybridized carbons (Fsp3) is 0.0526. The average molecular weight is 395 g/mol. The van der Waals surface area contributed by atoms with Gasteiger partial charge in [0.1, 0.15) is 5.76 Å². The van der Waals surface area contributed by atoms with Crippen LogP contribution in [0.25, 0.3) is 16.8 Å². The highest BCUT2D eigenvalue weighted by molar-refractivity contribution is 8.18. The van der Waals surface area contributed by atoms with Crippen molar-refractivity contribution in [3.05, 3.63) is 69.8 Å². The first-order valence-corrected chi connectivity index (χ1v) is 9.68. The van der Waals surface area contributed by atoms with Gasteiger partial charge >= 0.3 is 0 Å². The van der Waals surface area contributed by atoms with Crippen LogP contribution in [0.5, 0.6) is 0 Å². The van der Waals surface area contributed by atoms with Crippen molar-refractivity contribution < 1.29 is 14.0 Å². The van der Waals surface area contributed by atoms with E-state index in [9.17, 15) is 9.59 Å². The molecule has 8 heteroatoms. The van der Waals surface area contributed by atoms with Crippen molar-refractivity contribution >= 4 is 46.2 Å². The molecule has 2 amide bonds. The Bertz CT molecular complexity index is 1060. The molecule has 0 spiro atoms. The van der Waals surface area contributed by atoms with E-state index in [2.05, 4.69) is 15.3 Å². The molecule has 6 nitrogen and oxygen atoms in total. The van der Waals surface area contributed by atoms with Crippen LogP contribution in [0.15, 0.2) is 62.3 Å². The van der Waals surface area contributed by atoms with Gasteiger partial charge in [0.2, 0.25) is 0 Å². The Kier molecular flexibility index (Phi) is 4.74. The Morgan fingerprint density at radius 2 is 2.04 bits per heavy atom. The van der Waals surface area contributed by atoms with Gasteiger partial charge in [-0.05, 0) is 43.0 Å². The van der Waals surface area contributed by atoms with Crippen LogP contribution >= 0.6 is 23.1 Å². The molecular weight excluding hydrogens is 382 g/mol. The first-order valence-electron chi connectivity index (χ1n) is 7.99. The Hall–Kier alpha value is -2.97. The van der Waals surface area contributed by atoms with E-state index in [1.54, 1.807) is 36.5 Å². The van der Waals surface area contributed by atoms with Crippen molar-refractivity contribution in [3.63, 3.8) is 0 Å². The number of carbonyl (C=O) groups is 2. The topological polar surface area (TPSA) is 84.6 Å². The molecule has 0 bridgehead atoms. The second-order valence-electron chi connectivity index (χ2n) is 5.69. The maximum Gasteiger partial charge on any atom is 0.279 e. The molecular formula is C19H13N3O3S2. The van der Waals surface area contributed by atoms with Gasteiger partial charge in [0.05, 0.1) is 4.91 Å². The van der Waals surface area contributed by atoms with Gasteiger partial charge in [-0.1, -0.05) is 17.7 Å². The molecule has 0 atom stereocenters. The SMILES string of the molecule is Cc1ccc(C(=O)N=C2NC(=O)/C(=C/c3ccc(-c4nccs4)o3)S2)cc1. The number of furan rings is 1. The van der Waals surface area contributed by atoms with Crippen LogP contribution in [0.1, 0.15) is 21.7 Å². The van der Waals surface area contributed by atoms with Crippen molar-refractivity contribution in [1.29, 1.82) is 0 Å². The highest BCUT2D eigenvalue weighted by Crippen LogP contribution is 2.29. The molecule has 1 fully saturated rings. The van der Waals surface area contributed by atoms with Crippen LogP contribution in [0.2, 0.25) is 0 Å². The van der Waals surface area contributed by atoms with E-state index in [1.807, 2.05) is 24.4 Å². The number of aromatic nitrogens is 1. The van der Waals surface area contributed by atoms with E-state index in [-0.39, 0.29) is 11.1 Å². The molecule has 0 unspecified atom stereocenters. The Balaban J connectivity index is 1.51. The van der Waals surface area contributed by atoms with Gasteiger partial charge in [0, 0.05) is 23.2 Å². The molecule has 27 heavy (non-hydrogen) atoms. The summed E-state index contributed by atoms with van der Waals surface area (Å²) in [4.78, 5) is 33.0. The molecule has 0 radical (unpaired) electrons. The van der Waals surface area contributed by atoms with Gasteiger partial charge in [-0.15, -0.1) is 11.3 Å². The standard InChI is InChI=1S/C19H13N3O3S2/c1-11-2-4-12(5-3-11)16(23)21-19-22-17(24)15(27-19)10-13-6-7-14(25-13)18-20-8-9-26-18/h2-10H,1H3,(H,21,22,23,24)/b15-10-. The van der Waals surface area contributed by atoms with Crippen molar-refractivity contribution in [3.8, 4) is 10.8 Å². The summed E-state index contributed by atoms with van der Waals surface area (Å²) in [7, 11) is 0. The minimum atomic E-state index is -0.400. The van der Waals surface area contributed by atoms with Crippen LogP contribution in [0, 0.1) is 6.92 Å². The van der Waals surface area contributed by atoms with Crippen LogP contribution in [0.4, 0.5) is 0 Å². The third-order valence-corrected chi connectivity index (χ3v) is 5.39. The number of nitrogens with one attached hydrogen (secondary N) is 1. The number of rotatable bonds is 3. The second-order valence-corrected chi connectivity index (χ2v) is 7.62. The zero-order chi connectivity index (χ0) is 18.8. The number of amides is 2. The summed E-state index contributed by atoms with van der Waals surface area (Å²) in [5.74, 6) is 0.457. The molecule has 1 saturated heterocycles. The van der Waals surface area contributed by atoms with Gasteiger partial charge in [0.25, 0.3) is 11.8 Å². The van der Waals surface area contributed by atoms with E-state index < -0.39 is 5.91 Å². The highest BCUT2D eigenvalue weighted by atomic mass is 32.2. The molecule has 4 rings (SSSR count). The summed E-state index contributed by atoms with van der Waals surface area (Å²) in [5.41, 5.74) is 1.53. The zero-order valence-electron chi connectivity index (χ0n) is 14.1. The quantitative estimate of drug-likeness (QED) is 0.675. The van der Waals surface area contributed by atoms with Crippen LogP contribution < -0.4 is 5.32 Å². The van der Waals surface area contributed by atoms with E-state index >= 15 is 0 Å². The monoisotopic (exact) mass is 395 g/mol. The number of hydrogen-bond donors (Lipinski definition) is 1. The van der Waals surface area contributed by atoms with Gasteiger partial charge in [-0.2, -0.15) is 4.99 Å². The number of thiazole rings is 1. The van der Waals surface area contributed by atoms with Crippen LogP contribution in [0.3, 0.4) is 0 Å². The maximum atomic E-state index is 12.2. The lowest BCUT2D eigenvalue weighted by atomic mass is 10.1. The molecule has 3 heterocycles. The molecule has 1 N–H and O–H groups in total. The fourth-order valence-corrected chi connectivity index (χ4v) is 3.75. The average Bonchev–Trinajstić information content (AvgIpc) is 3.38. The number of benzene rings is 1. The van der Waals surface area contributed by atoms with E-state index in [4.69, 9.17) is 4.42 Å². The molecule has 1 aliphatic heterocycles. The number of aryl methyl sites for hydroxylation is 1. The maximum absolute atomic E-state index is 12.2. The van der Waals surface area contributed by atoms with E-state index in [1.165, 1.54) is 11.3 Å². The largest absolute Gasteiger partial charge is 0.454 e. The number of aliphatic imine (C=N–C) groups is 1. The Labute approximate surface area is 163 Å². The Morgan fingerprint density at radius 1 is 1.22 bits per heavy atom. The third-order valence-electron chi connectivity index (χ3n) is 3.70. The van der Waals surface area contributed by atoms with E-state index in [0.717, 1.165) is 22.3 Å². The van der Waals surface area contributed by atoms with Crippen molar-refractivity contribution in [1.82, 2.24) is 10.3 Å². The predicted octanol–water partition coefficient (Wildman–Crippen LogP) is 4.11. The van der Waals surface area contributed by atoms with Crippen molar-refractivity contribution in [2.75, 3.05) is 0 Å². The lowest BCUT2D eigenvalue weighted by molar-refractivity contribution is -0.115. The lowest BCUT2D eigenvalue weighted by Crippen LogP contribution is -2.20. The summed E-state index contributed by atoms with van der Waals surface area (Å²) in [6.45, 7) is 1.94. The molecule has 1 aromatic carbocycles. The molecule has 134 valence electrons. The molecule has 2 aromatic heterocycles. The molecule has 0 aliphatic carbocycles. The van der Waals surface area contributed by atoms with E-state index in [0.29, 0.717) is 22.0 Å². The molecule has 0 saturated carbocycles. The Morgan fingerprint density at radius 3 is 2.78 bits per heavy atom. The first-order chi connectivity index (χ1) is 13.1. The lowest BCUT2D eigenvalue weighted by Gasteiger charge is -1.97. The second kappa shape index (κ2) is 7.34. The van der Waals surface area contributed by atoms with Crippen molar-refractivity contribution in [2.24, 2.45) is 4.99 Å². The zero-order valence-corrected chi connectivity index (χ0v) is 15.8. The summed E-state index contributed by atoms with van der Waals surface area (Å²) >= 11 is 2.58. The van der Waals surface area contributed by atoms with Crippen LogP contribution in [-0.2, 0) is 4.79 Å². The molecule has 3 aromatic rings. The first kappa shape index (κ1) is 17.4. The number of hydrogen-bond acceptors (Lipinski definition) is 6. The minimum Gasteiger partial charge on any atom is -0.454 e. The van der Waals surface area contributed by atoms with Gasteiger partial charge in [-0.25, -0.2) is 4.98 Å². The van der Waals surface area contributed by atoms with Gasteiger partial charge in [-0.3, -0.25) is 9.59 Å². The molecule has 1 aliphatic rings. The summed E-state index contributed by atoms with van der Waals surface area (Å²) in [6.07, 6.45) is 3.32. The number of thioether (sulfide) groups is 1. The van der Waals surface area contributed by atoms with Gasteiger partial charge < -0.3 is 9.73 Å². The summed E-state index contributed by atoms with van der Waals surface area (Å²) < 4.78 is 5.71. The smallest absolute Gasteiger partial charge is 0.279 e. The number of nitrogens with zero attached hydrogens (tertiary/aromatic N) is 2. The number of amidine groups is 1. The number of carbonyl (C=O) groups excluding carboxylic acids is 2. The fourth-order valence-electron chi connectivity index (χ4n) is 2.35. The van der Waals surface area contributed by atoms with Gasteiger partial charge in [0.15, 0.2) is 15.9 Å².